The van der Waals surface area contributed by atoms with Crippen molar-refractivity contribution in [2.75, 3.05) is 0 Å². The minimum Gasteiger partial charge on any atom is -0.343 e. The topological polar surface area (TPSA) is 42.0 Å². The number of carbonyl (C=O) groups is 1. The predicted molar refractivity (Wildman–Crippen MR) is 101 cm³/mol. The Bertz CT molecular complexity index is 706. The van der Waals surface area contributed by atoms with E-state index < -0.39 is 0 Å². The maximum Gasteiger partial charge on any atom is 0.224 e. The van der Waals surface area contributed by atoms with E-state index in [0.717, 1.165) is 23.1 Å². The Morgan fingerprint density at radius 3 is 2.15 bits per heavy atom. The Hall–Kier alpha value is -2.16. The molecule has 1 aromatic carbocycles. The van der Waals surface area contributed by atoms with Gasteiger partial charge in [0.05, 0.1) is 11.7 Å². The molecular weight excluding hydrogens is 320 g/mol. The van der Waals surface area contributed by atoms with Crippen LogP contribution in [0.3, 0.4) is 0 Å². The van der Waals surface area contributed by atoms with E-state index in [4.69, 9.17) is 0 Å². The molecule has 3 heteroatoms. The largest absolute Gasteiger partial charge is 0.343 e. The first-order valence-electron chi connectivity index (χ1n) is 10.0. The quantitative estimate of drug-likeness (QED) is 0.894. The zero-order valence-corrected chi connectivity index (χ0v) is 15.1. The number of aromatic nitrogens is 1. The van der Waals surface area contributed by atoms with Crippen molar-refractivity contribution < 1.29 is 4.79 Å². The molecule has 4 aliphatic carbocycles. The van der Waals surface area contributed by atoms with Crippen LogP contribution in [0.25, 0.3) is 0 Å². The van der Waals surface area contributed by atoms with E-state index in [-0.39, 0.29) is 17.9 Å². The van der Waals surface area contributed by atoms with E-state index >= 15 is 0 Å². The highest BCUT2D eigenvalue weighted by atomic mass is 16.2. The van der Waals surface area contributed by atoms with E-state index in [0.29, 0.717) is 11.8 Å². The van der Waals surface area contributed by atoms with Gasteiger partial charge in [-0.1, -0.05) is 36.4 Å². The van der Waals surface area contributed by atoms with Crippen LogP contribution in [0.1, 0.15) is 49.4 Å². The lowest BCUT2D eigenvalue weighted by atomic mass is 9.51. The monoisotopic (exact) mass is 346 g/mol. The number of hydrogen-bond acceptors (Lipinski definition) is 2. The molecule has 1 aromatic heterocycles. The maximum atomic E-state index is 13.4. The van der Waals surface area contributed by atoms with Crippen molar-refractivity contribution in [3.8, 4) is 0 Å². The summed E-state index contributed by atoms with van der Waals surface area (Å²) < 4.78 is 0. The second-order valence-corrected chi connectivity index (χ2v) is 8.56. The molecule has 0 aliphatic heterocycles. The molecule has 4 saturated carbocycles. The van der Waals surface area contributed by atoms with Crippen LogP contribution < -0.4 is 5.32 Å². The van der Waals surface area contributed by atoms with Gasteiger partial charge in [-0.3, -0.25) is 9.78 Å². The molecule has 2 aromatic rings. The minimum absolute atomic E-state index is 0.165. The van der Waals surface area contributed by atoms with Crippen molar-refractivity contribution in [3.63, 3.8) is 0 Å². The van der Waals surface area contributed by atoms with E-state index in [2.05, 4.69) is 22.4 Å². The van der Waals surface area contributed by atoms with Gasteiger partial charge in [-0.15, -0.1) is 0 Å². The fourth-order valence-corrected chi connectivity index (χ4v) is 6.11. The van der Waals surface area contributed by atoms with Gasteiger partial charge < -0.3 is 5.32 Å². The van der Waals surface area contributed by atoms with Gasteiger partial charge in [0.2, 0.25) is 5.91 Å². The van der Waals surface area contributed by atoms with E-state index in [1.54, 1.807) is 6.20 Å². The number of carbonyl (C=O) groups excluding carboxylic acids is 1. The molecule has 26 heavy (non-hydrogen) atoms. The molecule has 4 aliphatic rings. The van der Waals surface area contributed by atoms with Crippen molar-refractivity contribution >= 4 is 5.91 Å². The molecule has 0 saturated heterocycles. The van der Waals surface area contributed by atoms with Gasteiger partial charge in [-0.25, -0.2) is 0 Å². The number of hydrogen-bond donors (Lipinski definition) is 1. The first kappa shape index (κ1) is 16.0. The third kappa shape index (κ3) is 2.84. The number of rotatable bonds is 4. The van der Waals surface area contributed by atoms with Crippen LogP contribution in [0, 0.1) is 29.6 Å². The first-order valence-corrected chi connectivity index (χ1v) is 10.0. The van der Waals surface area contributed by atoms with Crippen LogP contribution in [0.4, 0.5) is 0 Å². The van der Waals surface area contributed by atoms with Gasteiger partial charge in [0.1, 0.15) is 0 Å². The zero-order valence-electron chi connectivity index (χ0n) is 15.1. The number of amides is 1. The zero-order chi connectivity index (χ0) is 17.5. The highest BCUT2D eigenvalue weighted by Crippen LogP contribution is 2.56. The average Bonchev–Trinajstić information content (AvgIpc) is 2.67. The van der Waals surface area contributed by atoms with Gasteiger partial charge in [-0.05, 0) is 73.5 Å². The lowest BCUT2D eigenvalue weighted by molar-refractivity contribution is -0.138. The molecule has 4 fully saturated rings. The van der Waals surface area contributed by atoms with Crippen molar-refractivity contribution in [1.82, 2.24) is 10.3 Å². The second kappa shape index (κ2) is 6.53. The molecule has 1 atom stereocenters. The molecule has 0 radical (unpaired) electrons. The molecule has 6 rings (SSSR count). The van der Waals surface area contributed by atoms with E-state index in [9.17, 15) is 4.79 Å². The summed E-state index contributed by atoms with van der Waals surface area (Å²) in [5.41, 5.74) is 2.01. The minimum atomic E-state index is -0.165. The Kier molecular flexibility index (Phi) is 4.03. The van der Waals surface area contributed by atoms with Crippen LogP contribution >= 0.6 is 0 Å². The number of pyridine rings is 1. The van der Waals surface area contributed by atoms with Gasteiger partial charge in [0.25, 0.3) is 0 Å². The predicted octanol–water partition coefficient (Wildman–Crippen LogP) is 4.36. The molecular formula is C23H26N2O. The van der Waals surface area contributed by atoms with Gasteiger partial charge in [-0.2, -0.15) is 0 Å². The summed E-state index contributed by atoms with van der Waals surface area (Å²) in [5, 5.41) is 3.38. The smallest absolute Gasteiger partial charge is 0.224 e. The van der Waals surface area contributed by atoms with Crippen molar-refractivity contribution in [2.24, 2.45) is 29.6 Å². The molecule has 1 N–H and O–H groups in total. The molecule has 1 unspecified atom stereocenters. The van der Waals surface area contributed by atoms with Crippen LogP contribution in [-0.4, -0.2) is 10.9 Å². The molecule has 4 bridgehead atoms. The van der Waals surface area contributed by atoms with Crippen LogP contribution in [-0.2, 0) is 4.79 Å². The molecule has 1 heterocycles. The summed E-state index contributed by atoms with van der Waals surface area (Å²) in [6.07, 6.45) is 8.30. The summed E-state index contributed by atoms with van der Waals surface area (Å²) in [6.45, 7) is 0. The van der Waals surface area contributed by atoms with Gasteiger partial charge in [0.15, 0.2) is 0 Å². The highest BCUT2D eigenvalue weighted by molar-refractivity contribution is 5.80. The number of nitrogens with one attached hydrogen (secondary N) is 1. The van der Waals surface area contributed by atoms with E-state index in [1.165, 1.54) is 32.1 Å². The molecule has 0 spiro atoms. The summed E-state index contributed by atoms with van der Waals surface area (Å²) in [7, 11) is 0. The Morgan fingerprint density at radius 1 is 0.885 bits per heavy atom. The summed E-state index contributed by atoms with van der Waals surface area (Å²) >= 11 is 0. The Balaban J connectivity index is 1.41. The fourth-order valence-electron chi connectivity index (χ4n) is 6.11. The lowest BCUT2D eigenvalue weighted by Crippen LogP contribution is -2.51. The van der Waals surface area contributed by atoms with Crippen LogP contribution in [0.2, 0.25) is 0 Å². The number of benzene rings is 1. The standard InChI is InChI=1S/C23H26N2O/c26-23(21-18-11-15-10-16(13-18)14-19(21)12-15)25-22(17-6-2-1-3-7-17)20-8-4-5-9-24-20/h1-9,15-16,18-19,21-22H,10-14H2,(H,25,26). The Morgan fingerprint density at radius 2 is 1.54 bits per heavy atom. The third-order valence-electron chi connectivity index (χ3n) is 6.93. The summed E-state index contributed by atoms with van der Waals surface area (Å²) in [5.74, 6) is 3.44. The van der Waals surface area contributed by atoms with Crippen LogP contribution in [0.5, 0.6) is 0 Å². The highest BCUT2D eigenvalue weighted by Gasteiger charge is 2.50. The van der Waals surface area contributed by atoms with Crippen molar-refractivity contribution in [3.05, 3.63) is 66.0 Å². The summed E-state index contributed by atoms with van der Waals surface area (Å²) in [6, 6.07) is 16.0. The number of nitrogens with zero attached hydrogens (tertiary/aromatic N) is 1. The Labute approximate surface area is 155 Å². The van der Waals surface area contributed by atoms with Gasteiger partial charge >= 0.3 is 0 Å². The van der Waals surface area contributed by atoms with E-state index in [1.807, 2.05) is 36.4 Å². The third-order valence-corrected chi connectivity index (χ3v) is 6.93. The molecule has 134 valence electrons. The van der Waals surface area contributed by atoms with Crippen molar-refractivity contribution in [1.29, 1.82) is 0 Å². The average molecular weight is 346 g/mol. The maximum absolute atomic E-state index is 13.4. The molecule has 1 amide bonds. The fraction of sp³-hybridized carbons (Fsp3) is 0.478. The SMILES string of the molecule is O=C(NC(c1ccccc1)c1ccccn1)C1C2CC3CC(C2)CC1C3. The second-order valence-electron chi connectivity index (χ2n) is 8.56. The van der Waals surface area contributed by atoms with Gasteiger partial charge in [0, 0.05) is 12.1 Å². The summed E-state index contributed by atoms with van der Waals surface area (Å²) in [4.78, 5) is 17.9. The van der Waals surface area contributed by atoms with Crippen molar-refractivity contribution in [2.45, 2.75) is 38.1 Å². The first-order chi connectivity index (χ1) is 12.8. The van der Waals surface area contributed by atoms with Crippen LogP contribution in [0.15, 0.2) is 54.7 Å². The normalized spacial score (nSPS) is 33.0. The lowest BCUT2D eigenvalue weighted by Gasteiger charge is -2.53. The molecule has 3 nitrogen and oxygen atoms in total.